The molecule has 4 aromatic rings. The van der Waals surface area contributed by atoms with Crippen molar-refractivity contribution in [1.82, 2.24) is 20.0 Å². The molecule has 318 valence electrons. The number of carbonyl (C=O) groups is 5. The first-order chi connectivity index (χ1) is 29.7. The van der Waals surface area contributed by atoms with Crippen molar-refractivity contribution in [2.75, 3.05) is 63.7 Å². The Bertz CT molecular complexity index is 2240. The van der Waals surface area contributed by atoms with Gasteiger partial charge in [-0.15, -0.1) is 11.6 Å². The Morgan fingerprint density at radius 1 is 0.787 bits per heavy atom. The van der Waals surface area contributed by atoms with Crippen LogP contribution in [0.15, 0.2) is 97.1 Å². The Hall–Kier alpha value is -6.02. The van der Waals surface area contributed by atoms with Gasteiger partial charge in [0, 0.05) is 68.4 Å². The molecule has 1 atom stereocenters. The summed E-state index contributed by atoms with van der Waals surface area (Å²) in [6.07, 6.45) is 1.38. The molecule has 2 fully saturated rings. The molecule has 61 heavy (non-hydrogen) atoms. The van der Waals surface area contributed by atoms with Crippen molar-refractivity contribution in [2.24, 2.45) is 0 Å². The summed E-state index contributed by atoms with van der Waals surface area (Å²) in [6, 6.07) is 29.8. The normalized spacial score (nSPS) is 17.1. The number of hydrogen-bond donors (Lipinski definition) is 3. The van der Waals surface area contributed by atoms with Crippen LogP contribution in [-0.4, -0.2) is 114 Å². The minimum absolute atomic E-state index is 0.00715. The summed E-state index contributed by atoms with van der Waals surface area (Å²) in [5.74, 6) is -0.00415. The van der Waals surface area contributed by atoms with Crippen molar-refractivity contribution in [3.05, 3.63) is 125 Å². The number of imide groups is 1. The molecular weight excluding hydrogens is 798 g/mol. The zero-order valence-electron chi connectivity index (χ0n) is 33.9. The molecule has 4 aromatic carbocycles. The molecule has 13 nitrogen and oxygen atoms in total. The van der Waals surface area contributed by atoms with Gasteiger partial charge in [-0.05, 0) is 77.1 Å². The summed E-state index contributed by atoms with van der Waals surface area (Å²) in [7, 11) is 0. The first-order valence-corrected chi connectivity index (χ1v) is 21.2. The number of fused-ring (bicyclic) bond motifs is 1. The third-order valence-corrected chi connectivity index (χ3v) is 11.4. The average molecular weight is 848 g/mol. The van der Waals surface area contributed by atoms with Gasteiger partial charge >= 0.3 is 0 Å². The average Bonchev–Trinajstić information content (AvgIpc) is 3.61. The van der Waals surface area contributed by atoms with E-state index in [1.165, 1.54) is 4.90 Å². The van der Waals surface area contributed by atoms with E-state index in [-0.39, 0.29) is 74.8 Å². The zero-order chi connectivity index (χ0) is 42.7. The second-order valence-corrected chi connectivity index (χ2v) is 15.6. The smallest absolute Gasteiger partial charge is 0.255 e. The molecule has 0 spiro atoms. The number of halogens is 1. The van der Waals surface area contributed by atoms with Gasteiger partial charge in [0.1, 0.15) is 24.1 Å². The summed E-state index contributed by atoms with van der Waals surface area (Å²) < 4.78 is 11.8. The lowest BCUT2D eigenvalue weighted by molar-refractivity contribution is -0.137. The summed E-state index contributed by atoms with van der Waals surface area (Å²) >= 11 is 6.30. The van der Waals surface area contributed by atoms with Crippen LogP contribution in [0.3, 0.4) is 0 Å². The number of alkyl halides is 1. The van der Waals surface area contributed by atoms with Crippen LogP contribution in [0, 0.1) is 0 Å². The topological polar surface area (TPSA) is 158 Å². The Balaban J connectivity index is 0.808. The number of amides is 5. The second-order valence-electron chi connectivity index (χ2n) is 15.2. The number of piperazine rings is 1. The van der Waals surface area contributed by atoms with E-state index in [0.29, 0.717) is 48.8 Å². The predicted molar refractivity (Wildman–Crippen MR) is 232 cm³/mol. The lowest BCUT2D eigenvalue weighted by atomic mass is 9.88. The molecule has 0 aliphatic carbocycles. The number of anilines is 1. The van der Waals surface area contributed by atoms with Crippen LogP contribution < -0.4 is 15.4 Å². The van der Waals surface area contributed by atoms with Gasteiger partial charge in [0.2, 0.25) is 23.6 Å². The highest BCUT2D eigenvalue weighted by atomic mass is 35.5. The molecule has 14 heteroatoms. The van der Waals surface area contributed by atoms with Crippen LogP contribution in [0.5, 0.6) is 11.5 Å². The molecule has 3 aliphatic rings. The van der Waals surface area contributed by atoms with Gasteiger partial charge in [0.05, 0.1) is 26.1 Å². The number of phenols is 1. The highest BCUT2D eigenvalue weighted by Gasteiger charge is 2.40. The van der Waals surface area contributed by atoms with E-state index >= 15 is 0 Å². The highest BCUT2D eigenvalue weighted by Crippen LogP contribution is 2.36. The fourth-order valence-corrected chi connectivity index (χ4v) is 8.21. The van der Waals surface area contributed by atoms with Gasteiger partial charge in [-0.3, -0.25) is 34.2 Å². The molecule has 7 rings (SSSR count). The first-order valence-electron chi connectivity index (χ1n) is 20.7. The van der Waals surface area contributed by atoms with Crippen LogP contribution >= 0.6 is 11.6 Å². The lowest BCUT2D eigenvalue weighted by Gasteiger charge is -2.34. The predicted octanol–water partition coefficient (Wildman–Crippen LogP) is 5.70. The number of rotatable bonds is 17. The van der Waals surface area contributed by atoms with Crippen LogP contribution in [0.1, 0.15) is 64.7 Å². The third-order valence-electron chi connectivity index (χ3n) is 11.3. The summed E-state index contributed by atoms with van der Waals surface area (Å²) in [5, 5.41) is 15.1. The Morgan fingerprint density at radius 3 is 2.20 bits per heavy atom. The van der Waals surface area contributed by atoms with Gasteiger partial charge in [-0.2, -0.15) is 0 Å². The maximum Gasteiger partial charge on any atom is 0.255 e. The number of piperidine rings is 1. The highest BCUT2D eigenvalue weighted by molar-refractivity contribution is 6.18. The molecular formula is C47H50ClN5O8. The summed E-state index contributed by atoms with van der Waals surface area (Å²) in [5.41, 5.74) is 6.81. The van der Waals surface area contributed by atoms with E-state index in [9.17, 15) is 29.1 Å². The first kappa shape index (κ1) is 43.1. The van der Waals surface area contributed by atoms with Crippen molar-refractivity contribution < 1.29 is 38.6 Å². The van der Waals surface area contributed by atoms with E-state index in [4.69, 9.17) is 21.1 Å². The molecule has 5 amide bonds. The van der Waals surface area contributed by atoms with Crippen LogP contribution in [0.2, 0.25) is 0 Å². The molecule has 1 unspecified atom stereocenters. The molecule has 0 radical (unpaired) electrons. The minimum atomic E-state index is -0.740. The maximum atomic E-state index is 13.1. The van der Waals surface area contributed by atoms with Crippen LogP contribution in [-0.2, 0) is 30.5 Å². The molecule has 0 bridgehead atoms. The number of nitrogens with one attached hydrogen (secondary N) is 2. The summed E-state index contributed by atoms with van der Waals surface area (Å²) in [4.78, 5) is 68.4. The minimum Gasteiger partial charge on any atom is -0.508 e. The SMILES string of the molecule is O=C1CCC(N2Cc3c(NC(=O)CCOCCC(=O)N4CCN(CCOc5ccc(C(=C(CCCl)c6ccccc6)c6ccc(O)cc6)cc5)CC4)cccc3C2=O)C(=O)N1. The molecule has 3 N–H and O–H groups in total. The number of nitrogens with zero attached hydrogens (tertiary/aromatic N) is 3. The van der Waals surface area contributed by atoms with Gasteiger partial charge in [0.25, 0.3) is 5.91 Å². The number of phenolic OH excluding ortho intramolecular Hbond substituents is 1. The number of benzene rings is 4. The van der Waals surface area contributed by atoms with E-state index in [2.05, 4.69) is 39.8 Å². The number of allylic oxidation sites excluding steroid dienone is 1. The van der Waals surface area contributed by atoms with E-state index in [0.717, 1.165) is 53.2 Å². The Morgan fingerprint density at radius 2 is 1.49 bits per heavy atom. The number of aromatic hydroxyl groups is 1. The standard InChI is InChI=1S/C47H50ClN5O8/c48-22-19-37(32-5-2-1-3-6-32)45(33-9-13-35(54)14-10-33)34-11-15-36(16-12-34)61-30-27-51-23-25-52(26-24-51)44(57)21-29-60-28-20-43(56)49-40-8-4-7-38-39(40)31-53(47(38)59)41-17-18-42(55)50-46(41)58/h1-16,41,54H,17-31H2,(H,49,56)(H,50,55,58). The van der Waals surface area contributed by atoms with Gasteiger partial charge in [-0.25, -0.2) is 0 Å². The van der Waals surface area contributed by atoms with Crippen molar-refractivity contribution in [2.45, 2.75) is 44.7 Å². The van der Waals surface area contributed by atoms with Crippen LogP contribution in [0.4, 0.5) is 5.69 Å². The van der Waals surface area contributed by atoms with Gasteiger partial charge < -0.3 is 29.7 Å². The lowest BCUT2D eigenvalue weighted by Crippen LogP contribution is -2.52. The quantitative estimate of drug-likeness (QED) is 0.0525. The molecule has 2 saturated heterocycles. The second kappa shape index (κ2) is 20.5. The zero-order valence-corrected chi connectivity index (χ0v) is 34.7. The van der Waals surface area contributed by atoms with E-state index in [1.807, 2.05) is 47.4 Å². The number of hydrogen-bond acceptors (Lipinski definition) is 9. The Labute approximate surface area is 360 Å². The van der Waals surface area contributed by atoms with Gasteiger partial charge in [-0.1, -0.05) is 60.7 Å². The summed E-state index contributed by atoms with van der Waals surface area (Å²) in [6.45, 7) is 4.40. The molecule has 3 aliphatic heterocycles. The Kier molecular flexibility index (Phi) is 14.5. The fourth-order valence-electron chi connectivity index (χ4n) is 8.02. The fraction of sp³-hybridized carbons (Fsp3) is 0.340. The number of carbonyl (C=O) groups excluding carboxylic acids is 5. The van der Waals surface area contributed by atoms with Crippen molar-refractivity contribution in [1.29, 1.82) is 0 Å². The molecule has 3 heterocycles. The monoisotopic (exact) mass is 847 g/mol. The van der Waals surface area contributed by atoms with Crippen molar-refractivity contribution >= 4 is 58.0 Å². The van der Waals surface area contributed by atoms with E-state index in [1.54, 1.807) is 30.3 Å². The maximum absolute atomic E-state index is 13.1. The largest absolute Gasteiger partial charge is 0.508 e. The molecule has 0 aromatic heterocycles. The van der Waals surface area contributed by atoms with Crippen LogP contribution in [0.25, 0.3) is 11.1 Å². The van der Waals surface area contributed by atoms with Crippen molar-refractivity contribution in [3.63, 3.8) is 0 Å². The van der Waals surface area contributed by atoms with Crippen molar-refractivity contribution in [3.8, 4) is 11.5 Å². The van der Waals surface area contributed by atoms with Gasteiger partial charge in [0.15, 0.2) is 0 Å². The number of ether oxygens (including phenoxy) is 2. The third kappa shape index (κ3) is 10.8. The molecule has 0 saturated carbocycles. The van der Waals surface area contributed by atoms with E-state index < -0.39 is 11.9 Å².